The second-order valence-corrected chi connectivity index (χ2v) is 3.63. The van der Waals surface area contributed by atoms with Crippen molar-refractivity contribution in [3.05, 3.63) is 28.3 Å². The maximum Gasteiger partial charge on any atom is 0.126 e. The molecule has 0 amide bonds. The summed E-state index contributed by atoms with van der Waals surface area (Å²) in [4.78, 5) is 0. The molecule has 0 radical (unpaired) electrons. The molecule has 0 bridgehead atoms. The highest BCUT2D eigenvalue weighted by molar-refractivity contribution is 6.31. The lowest BCUT2D eigenvalue weighted by molar-refractivity contribution is 0.269. The van der Waals surface area contributed by atoms with Gasteiger partial charge >= 0.3 is 0 Å². The minimum atomic E-state index is -0.0843. The van der Waals surface area contributed by atoms with Crippen LogP contribution in [0.2, 0.25) is 5.02 Å². The van der Waals surface area contributed by atoms with Gasteiger partial charge in [0.25, 0.3) is 0 Å². The summed E-state index contributed by atoms with van der Waals surface area (Å²) in [5.74, 6) is 0.646. The SMILES string of the molecule is N#Cc1cc(Cl)c2c(c1)OCC[C@H]2N. The molecule has 72 valence electrons. The maximum absolute atomic E-state index is 8.73. The lowest BCUT2D eigenvalue weighted by Crippen LogP contribution is -2.21. The molecule has 0 saturated heterocycles. The molecular formula is C10H9ClN2O. The standard InChI is InChI=1S/C10H9ClN2O/c11-7-3-6(5-12)4-9-10(7)8(13)1-2-14-9/h3-4,8H,1-2,13H2/t8-/m1/s1. The fraction of sp³-hybridized carbons (Fsp3) is 0.300. The Labute approximate surface area is 87.0 Å². The highest BCUT2D eigenvalue weighted by atomic mass is 35.5. The van der Waals surface area contributed by atoms with Crippen molar-refractivity contribution in [3.63, 3.8) is 0 Å². The molecule has 3 nitrogen and oxygen atoms in total. The first kappa shape index (κ1) is 9.32. The minimum absolute atomic E-state index is 0.0843. The number of rotatable bonds is 0. The molecule has 1 heterocycles. The molecule has 0 unspecified atom stereocenters. The van der Waals surface area contributed by atoms with Gasteiger partial charge in [-0.2, -0.15) is 5.26 Å². The summed E-state index contributed by atoms with van der Waals surface area (Å²) in [6.07, 6.45) is 0.763. The summed E-state index contributed by atoms with van der Waals surface area (Å²) in [6, 6.07) is 5.24. The summed E-state index contributed by atoms with van der Waals surface area (Å²) in [6.45, 7) is 0.583. The van der Waals surface area contributed by atoms with Crippen LogP contribution in [-0.4, -0.2) is 6.61 Å². The molecular weight excluding hydrogens is 200 g/mol. The molecule has 1 aliphatic heterocycles. The van der Waals surface area contributed by atoms with Gasteiger partial charge in [0.05, 0.1) is 23.3 Å². The van der Waals surface area contributed by atoms with Crippen LogP contribution in [0.4, 0.5) is 0 Å². The first-order chi connectivity index (χ1) is 6.72. The first-order valence-corrected chi connectivity index (χ1v) is 4.72. The number of benzene rings is 1. The fourth-order valence-electron chi connectivity index (χ4n) is 1.58. The predicted octanol–water partition coefficient (Wildman–Crippen LogP) is 1.99. The van der Waals surface area contributed by atoms with Crippen LogP contribution in [0.1, 0.15) is 23.6 Å². The third-order valence-corrected chi connectivity index (χ3v) is 2.59. The van der Waals surface area contributed by atoms with Gasteiger partial charge in [-0.3, -0.25) is 0 Å². The average molecular weight is 209 g/mol. The number of fused-ring (bicyclic) bond motifs is 1. The van der Waals surface area contributed by atoms with Gasteiger partial charge in [0.1, 0.15) is 5.75 Å². The van der Waals surface area contributed by atoms with Gasteiger partial charge in [0.2, 0.25) is 0 Å². The van der Waals surface area contributed by atoms with E-state index in [0.717, 1.165) is 12.0 Å². The van der Waals surface area contributed by atoms with Crippen LogP contribution in [0.25, 0.3) is 0 Å². The third-order valence-electron chi connectivity index (χ3n) is 2.28. The highest BCUT2D eigenvalue weighted by Crippen LogP contribution is 2.36. The zero-order valence-electron chi connectivity index (χ0n) is 7.46. The van der Waals surface area contributed by atoms with E-state index in [2.05, 4.69) is 0 Å². The monoisotopic (exact) mass is 208 g/mol. The van der Waals surface area contributed by atoms with E-state index in [4.69, 9.17) is 27.3 Å². The molecule has 1 atom stereocenters. The average Bonchev–Trinajstić information content (AvgIpc) is 2.17. The molecule has 0 aromatic heterocycles. The normalized spacial score (nSPS) is 19.4. The smallest absolute Gasteiger partial charge is 0.126 e. The quantitative estimate of drug-likeness (QED) is 0.710. The van der Waals surface area contributed by atoms with Gasteiger partial charge in [0, 0.05) is 18.0 Å². The Balaban J connectivity index is 2.58. The lowest BCUT2D eigenvalue weighted by atomic mass is 10.00. The Morgan fingerprint density at radius 3 is 3.07 bits per heavy atom. The molecule has 2 N–H and O–H groups in total. The predicted molar refractivity (Wildman–Crippen MR) is 53.2 cm³/mol. The fourth-order valence-corrected chi connectivity index (χ4v) is 1.93. The van der Waals surface area contributed by atoms with Crippen molar-refractivity contribution in [2.24, 2.45) is 5.73 Å². The van der Waals surface area contributed by atoms with Crippen LogP contribution >= 0.6 is 11.6 Å². The summed E-state index contributed by atoms with van der Waals surface area (Å²) in [5, 5.41) is 9.25. The number of hydrogen-bond acceptors (Lipinski definition) is 3. The van der Waals surface area contributed by atoms with E-state index < -0.39 is 0 Å². The first-order valence-electron chi connectivity index (χ1n) is 4.34. The Morgan fingerprint density at radius 2 is 2.36 bits per heavy atom. The summed E-state index contributed by atoms with van der Waals surface area (Å²) < 4.78 is 5.40. The van der Waals surface area contributed by atoms with Crippen molar-refractivity contribution in [2.45, 2.75) is 12.5 Å². The van der Waals surface area contributed by atoms with E-state index in [0.29, 0.717) is 22.9 Å². The number of hydrogen-bond donors (Lipinski definition) is 1. The number of halogens is 1. The molecule has 1 aromatic carbocycles. The van der Waals surface area contributed by atoms with Gasteiger partial charge in [-0.25, -0.2) is 0 Å². The largest absolute Gasteiger partial charge is 0.493 e. The van der Waals surface area contributed by atoms with Crippen LogP contribution in [0.15, 0.2) is 12.1 Å². The summed E-state index contributed by atoms with van der Waals surface area (Å²) in [5.41, 5.74) is 7.21. The lowest BCUT2D eigenvalue weighted by Gasteiger charge is -2.23. The molecule has 1 aromatic rings. The second kappa shape index (κ2) is 3.49. The molecule has 0 aliphatic carbocycles. The molecule has 1 aliphatic rings. The van der Waals surface area contributed by atoms with E-state index in [-0.39, 0.29) is 6.04 Å². The van der Waals surface area contributed by atoms with E-state index in [1.165, 1.54) is 0 Å². The molecule has 0 saturated carbocycles. The second-order valence-electron chi connectivity index (χ2n) is 3.23. The van der Waals surface area contributed by atoms with Crippen molar-refractivity contribution >= 4 is 11.6 Å². The molecule has 0 fully saturated rings. The third kappa shape index (κ3) is 1.43. The van der Waals surface area contributed by atoms with Crippen LogP contribution in [0.5, 0.6) is 5.75 Å². The van der Waals surface area contributed by atoms with E-state index in [1.54, 1.807) is 12.1 Å². The van der Waals surface area contributed by atoms with Gasteiger partial charge in [-0.1, -0.05) is 11.6 Å². The van der Waals surface area contributed by atoms with Crippen molar-refractivity contribution < 1.29 is 4.74 Å². The van der Waals surface area contributed by atoms with Gasteiger partial charge < -0.3 is 10.5 Å². The van der Waals surface area contributed by atoms with E-state index in [9.17, 15) is 0 Å². The maximum atomic E-state index is 8.73. The number of nitriles is 1. The van der Waals surface area contributed by atoms with E-state index in [1.807, 2.05) is 6.07 Å². The topological polar surface area (TPSA) is 59.0 Å². The number of nitrogens with two attached hydrogens (primary N) is 1. The van der Waals surface area contributed by atoms with Crippen LogP contribution in [0, 0.1) is 11.3 Å². The highest BCUT2D eigenvalue weighted by Gasteiger charge is 2.21. The van der Waals surface area contributed by atoms with Gasteiger partial charge in [-0.15, -0.1) is 0 Å². The van der Waals surface area contributed by atoms with Crippen LogP contribution in [0.3, 0.4) is 0 Å². The van der Waals surface area contributed by atoms with Gasteiger partial charge in [0.15, 0.2) is 0 Å². The molecule has 0 spiro atoms. The molecule has 14 heavy (non-hydrogen) atoms. The zero-order chi connectivity index (χ0) is 10.1. The summed E-state index contributed by atoms with van der Waals surface area (Å²) in [7, 11) is 0. The van der Waals surface area contributed by atoms with Crippen LogP contribution in [-0.2, 0) is 0 Å². The van der Waals surface area contributed by atoms with Crippen molar-refractivity contribution in [2.75, 3.05) is 6.61 Å². The van der Waals surface area contributed by atoms with Crippen LogP contribution < -0.4 is 10.5 Å². The number of ether oxygens (including phenoxy) is 1. The Kier molecular flexibility index (Phi) is 2.32. The van der Waals surface area contributed by atoms with Crippen molar-refractivity contribution in [3.8, 4) is 11.8 Å². The van der Waals surface area contributed by atoms with Crippen molar-refractivity contribution in [1.29, 1.82) is 5.26 Å². The Morgan fingerprint density at radius 1 is 1.57 bits per heavy atom. The van der Waals surface area contributed by atoms with E-state index >= 15 is 0 Å². The number of nitrogens with zero attached hydrogens (tertiary/aromatic N) is 1. The van der Waals surface area contributed by atoms with Gasteiger partial charge in [-0.05, 0) is 12.1 Å². The minimum Gasteiger partial charge on any atom is -0.493 e. The molecule has 2 rings (SSSR count). The Bertz CT molecular complexity index is 411. The molecule has 4 heteroatoms. The summed E-state index contributed by atoms with van der Waals surface area (Å²) >= 11 is 6.01. The zero-order valence-corrected chi connectivity index (χ0v) is 8.21. The van der Waals surface area contributed by atoms with Crippen molar-refractivity contribution in [1.82, 2.24) is 0 Å². The Hall–Kier alpha value is -1.24.